The first kappa shape index (κ1) is 19.1. The van der Waals surface area contributed by atoms with Crippen molar-refractivity contribution in [3.63, 3.8) is 0 Å². The molecule has 1 saturated heterocycles. The Hall–Kier alpha value is -2.19. The highest BCUT2D eigenvalue weighted by Crippen LogP contribution is 2.25. The predicted octanol–water partition coefficient (Wildman–Crippen LogP) is 1.31. The van der Waals surface area contributed by atoms with Crippen LogP contribution in [0.5, 0.6) is 0 Å². The Morgan fingerprint density at radius 2 is 1.96 bits per heavy atom. The second-order valence-corrected chi connectivity index (χ2v) is 8.62. The largest absolute Gasteiger partial charge is 0.331 e. The molecule has 2 amide bonds. The van der Waals surface area contributed by atoms with Crippen molar-refractivity contribution in [1.82, 2.24) is 9.21 Å². The molecule has 1 aromatic rings. The molecule has 8 heteroatoms. The van der Waals surface area contributed by atoms with Crippen molar-refractivity contribution in [3.05, 3.63) is 42.5 Å². The predicted molar refractivity (Wildman–Crippen MR) is 96.8 cm³/mol. The zero-order valence-corrected chi connectivity index (χ0v) is 15.5. The molecule has 0 aromatic heterocycles. The molecule has 1 N–H and O–H groups in total. The van der Waals surface area contributed by atoms with Gasteiger partial charge in [-0.2, -0.15) is 4.31 Å². The molecule has 1 aliphatic heterocycles. The van der Waals surface area contributed by atoms with Crippen LogP contribution >= 0.6 is 0 Å². The summed E-state index contributed by atoms with van der Waals surface area (Å²) in [5.41, 5.74) is 0.296. The van der Waals surface area contributed by atoms with Gasteiger partial charge in [-0.1, -0.05) is 12.6 Å². The van der Waals surface area contributed by atoms with E-state index in [2.05, 4.69) is 11.9 Å². The van der Waals surface area contributed by atoms with Crippen LogP contribution in [0.3, 0.4) is 0 Å². The third kappa shape index (κ3) is 4.46. The molecule has 25 heavy (non-hydrogen) atoms. The molecule has 7 nitrogen and oxygen atoms in total. The van der Waals surface area contributed by atoms with E-state index in [4.69, 9.17) is 0 Å². The number of sulfonamides is 1. The number of amides is 2. The van der Waals surface area contributed by atoms with Crippen LogP contribution in [0.15, 0.2) is 36.9 Å². The number of benzene rings is 1. The van der Waals surface area contributed by atoms with E-state index in [1.54, 1.807) is 29.2 Å². The average Bonchev–Trinajstić information content (AvgIpc) is 2.52. The molecule has 1 aliphatic rings. The molecule has 136 valence electrons. The summed E-state index contributed by atoms with van der Waals surface area (Å²) in [6.45, 7) is 7.88. The molecule has 0 spiro atoms. The lowest BCUT2D eigenvalue weighted by Gasteiger charge is -2.46. The quantitative estimate of drug-likeness (QED) is 0.815. The molecule has 0 radical (unpaired) electrons. The second kappa shape index (κ2) is 6.97. The maximum Gasteiger partial charge on any atom is 0.254 e. The summed E-state index contributed by atoms with van der Waals surface area (Å²) in [6, 6.07) is 6.64. The Morgan fingerprint density at radius 1 is 1.28 bits per heavy atom. The minimum absolute atomic E-state index is 0.201. The number of carbonyl (C=O) groups is 2. The first-order valence-electron chi connectivity index (χ1n) is 7.85. The summed E-state index contributed by atoms with van der Waals surface area (Å²) in [4.78, 5) is 26.0. The first-order chi connectivity index (χ1) is 11.5. The van der Waals surface area contributed by atoms with Gasteiger partial charge in [0.1, 0.15) is 0 Å². The van der Waals surface area contributed by atoms with Crippen molar-refractivity contribution in [2.24, 2.45) is 0 Å². The van der Waals surface area contributed by atoms with E-state index < -0.39 is 15.6 Å². The van der Waals surface area contributed by atoms with Crippen LogP contribution in [-0.2, 0) is 14.8 Å². The third-order valence-electron chi connectivity index (χ3n) is 4.14. The number of anilines is 1. The molecule has 0 saturated carbocycles. The lowest BCUT2D eigenvalue weighted by Crippen LogP contribution is -2.61. The van der Waals surface area contributed by atoms with E-state index in [-0.39, 0.29) is 24.9 Å². The summed E-state index contributed by atoms with van der Waals surface area (Å²) in [5, 5.41) is 2.62. The van der Waals surface area contributed by atoms with E-state index in [9.17, 15) is 18.0 Å². The van der Waals surface area contributed by atoms with Gasteiger partial charge in [-0.15, -0.1) is 0 Å². The Labute approximate surface area is 148 Å². The Morgan fingerprint density at radius 3 is 2.52 bits per heavy atom. The summed E-state index contributed by atoms with van der Waals surface area (Å²) < 4.78 is 24.9. The van der Waals surface area contributed by atoms with Crippen LogP contribution in [0, 0.1) is 0 Å². The topological polar surface area (TPSA) is 86.8 Å². The van der Waals surface area contributed by atoms with Crippen molar-refractivity contribution in [2.75, 3.05) is 31.2 Å². The summed E-state index contributed by atoms with van der Waals surface area (Å²) in [7, 11) is -3.30. The minimum atomic E-state index is -3.30. The second-order valence-electron chi connectivity index (χ2n) is 6.64. The number of rotatable bonds is 4. The van der Waals surface area contributed by atoms with Crippen LogP contribution in [-0.4, -0.2) is 60.9 Å². The molecule has 0 unspecified atom stereocenters. The maximum atomic E-state index is 12.9. The summed E-state index contributed by atoms with van der Waals surface area (Å²) >= 11 is 0. The van der Waals surface area contributed by atoms with Gasteiger partial charge in [-0.3, -0.25) is 9.59 Å². The zero-order valence-electron chi connectivity index (χ0n) is 14.7. The minimum Gasteiger partial charge on any atom is -0.331 e. The molecule has 0 bridgehead atoms. The standard InChI is InChI=1S/C17H23N3O4S/c1-5-15(21)18-14-8-6-7-13(11-14)16(22)20-10-9-19(25(4,23)24)12-17(20,2)3/h5-8,11H,1,9-10,12H2,2-4H3,(H,18,21). The number of nitrogens with one attached hydrogen (secondary N) is 1. The molecule has 1 fully saturated rings. The number of hydrogen-bond donors (Lipinski definition) is 1. The highest BCUT2D eigenvalue weighted by atomic mass is 32.2. The summed E-state index contributed by atoms with van der Waals surface area (Å²) in [6.07, 6.45) is 2.33. The van der Waals surface area contributed by atoms with Crippen LogP contribution in [0.1, 0.15) is 24.2 Å². The van der Waals surface area contributed by atoms with Crippen LogP contribution in [0.25, 0.3) is 0 Å². The van der Waals surface area contributed by atoms with Crippen LogP contribution in [0.2, 0.25) is 0 Å². The first-order valence-corrected chi connectivity index (χ1v) is 9.70. The van der Waals surface area contributed by atoms with E-state index in [0.29, 0.717) is 17.8 Å². The van der Waals surface area contributed by atoms with E-state index in [0.717, 1.165) is 6.08 Å². The fraction of sp³-hybridized carbons (Fsp3) is 0.412. The zero-order chi connectivity index (χ0) is 18.8. The van der Waals surface area contributed by atoms with Crippen molar-refractivity contribution in [3.8, 4) is 0 Å². The smallest absolute Gasteiger partial charge is 0.254 e. The van der Waals surface area contributed by atoms with Crippen molar-refractivity contribution in [1.29, 1.82) is 0 Å². The summed E-state index contributed by atoms with van der Waals surface area (Å²) in [5.74, 6) is -0.556. The lowest BCUT2D eigenvalue weighted by atomic mass is 9.98. The fourth-order valence-corrected chi connectivity index (χ4v) is 3.81. The Balaban J connectivity index is 2.22. The molecule has 1 aromatic carbocycles. The third-order valence-corrected chi connectivity index (χ3v) is 5.39. The van der Waals surface area contributed by atoms with E-state index in [1.807, 2.05) is 13.8 Å². The van der Waals surface area contributed by atoms with Gasteiger partial charge >= 0.3 is 0 Å². The highest BCUT2D eigenvalue weighted by molar-refractivity contribution is 7.88. The molecule has 2 rings (SSSR count). The number of nitrogens with zero attached hydrogens (tertiary/aromatic N) is 2. The van der Waals surface area contributed by atoms with Gasteiger partial charge in [0.25, 0.3) is 5.91 Å². The molecule has 0 atom stereocenters. The van der Waals surface area contributed by atoms with Crippen molar-refractivity contribution < 1.29 is 18.0 Å². The molecule has 1 heterocycles. The van der Waals surface area contributed by atoms with E-state index >= 15 is 0 Å². The van der Waals surface area contributed by atoms with Crippen LogP contribution < -0.4 is 5.32 Å². The number of piperazine rings is 1. The number of carbonyl (C=O) groups excluding carboxylic acids is 2. The normalized spacial score (nSPS) is 17.8. The van der Waals surface area contributed by atoms with Gasteiger partial charge in [0.15, 0.2) is 0 Å². The van der Waals surface area contributed by atoms with Gasteiger partial charge in [-0.25, -0.2) is 8.42 Å². The SMILES string of the molecule is C=CC(=O)Nc1cccc(C(=O)N2CCN(S(C)(=O)=O)CC2(C)C)c1. The molecule has 0 aliphatic carbocycles. The van der Waals surface area contributed by atoms with Crippen molar-refractivity contribution >= 4 is 27.5 Å². The number of hydrogen-bond acceptors (Lipinski definition) is 4. The average molecular weight is 365 g/mol. The van der Waals surface area contributed by atoms with Gasteiger partial charge in [0.05, 0.1) is 11.8 Å². The van der Waals surface area contributed by atoms with Gasteiger partial charge in [0.2, 0.25) is 15.9 Å². The van der Waals surface area contributed by atoms with Gasteiger partial charge in [-0.05, 0) is 38.1 Å². The highest BCUT2D eigenvalue weighted by Gasteiger charge is 2.39. The lowest BCUT2D eigenvalue weighted by molar-refractivity contribution is -0.111. The molecular weight excluding hydrogens is 342 g/mol. The Kier molecular flexibility index (Phi) is 5.34. The monoisotopic (exact) mass is 365 g/mol. The van der Waals surface area contributed by atoms with Crippen LogP contribution in [0.4, 0.5) is 5.69 Å². The fourth-order valence-electron chi connectivity index (χ4n) is 2.85. The van der Waals surface area contributed by atoms with Gasteiger partial charge < -0.3 is 10.2 Å². The van der Waals surface area contributed by atoms with Gasteiger partial charge in [0, 0.05) is 30.9 Å². The maximum absolute atomic E-state index is 12.9. The van der Waals surface area contributed by atoms with E-state index in [1.165, 1.54) is 10.6 Å². The molecular formula is C17H23N3O4S. The Bertz CT molecular complexity index is 802. The van der Waals surface area contributed by atoms with Crippen molar-refractivity contribution in [2.45, 2.75) is 19.4 Å².